The molecule has 0 atom stereocenters. The van der Waals surface area contributed by atoms with Crippen LogP contribution in [0.1, 0.15) is 5.69 Å². The normalized spacial score (nSPS) is 11.3. The van der Waals surface area contributed by atoms with E-state index in [1.807, 2.05) is 25.1 Å². The molecule has 0 bridgehead atoms. The fourth-order valence-corrected chi connectivity index (χ4v) is 2.86. The average molecular weight is 309 g/mol. The summed E-state index contributed by atoms with van der Waals surface area (Å²) in [5.74, 6) is 1.33. The molecule has 0 aliphatic carbocycles. The fourth-order valence-electron chi connectivity index (χ4n) is 2.86. The van der Waals surface area contributed by atoms with E-state index in [4.69, 9.17) is 9.47 Å². The summed E-state index contributed by atoms with van der Waals surface area (Å²) >= 11 is 0. The van der Waals surface area contributed by atoms with E-state index in [-0.39, 0.29) is 0 Å². The Balaban J connectivity index is 2.20. The first-order valence-electron chi connectivity index (χ1n) is 7.13. The number of nitrogens with one attached hydrogen (secondary N) is 2. The van der Waals surface area contributed by atoms with Gasteiger partial charge in [-0.05, 0) is 25.1 Å². The molecule has 7 heteroatoms. The van der Waals surface area contributed by atoms with E-state index in [0.717, 1.165) is 33.2 Å². The molecule has 0 radical (unpaired) electrons. The van der Waals surface area contributed by atoms with Crippen LogP contribution in [0, 0.1) is 6.92 Å². The third-order valence-corrected chi connectivity index (χ3v) is 3.95. The van der Waals surface area contributed by atoms with E-state index in [0.29, 0.717) is 17.1 Å². The lowest BCUT2D eigenvalue weighted by Crippen LogP contribution is -1.94. The first kappa shape index (κ1) is 13.6. The summed E-state index contributed by atoms with van der Waals surface area (Å²) in [6, 6.07) is 5.77. The number of nitrogens with zero attached hydrogens (tertiary/aromatic N) is 3. The van der Waals surface area contributed by atoms with E-state index in [9.17, 15) is 0 Å². The largest absolute Gasteiger partial charge is 0.493 e. The quantitative estimate of drug-likeness (QED) is 0.607. The lowest BCUT2D eigenvalue weighted by Gasteiger charge is -2.12. The summed E-state index contributed by atoms with van der Waals surface area (Å²) in [5.41, 5.74) is 3.22. The zero-order chi connectivity index (χ0) is 16.0. The predicted molar refractivity (Wildman–Crippen MR) is 86.8 cm³/mol. The second kappa shape index (κ2) is 4.98. The van der Waals surface area contributed by atoms with Gasteiger partial charge >= 0.3 is 0 Å². The topological polar surface area (TPSA) is 88.7 Å². The van der Waals surface area contributed by atoms with E-state index < -0.39 is 0 Å². The highest BCUT2D eigenvalue weighted by molar-refractivity contribution is 6.11. The molecule has 1 aromatic carbocycles. The molecule has 4 rings (SSSR count). The minimum Gasteiger partial charge on any atom is -0.493 e. The van der Waals surface area contributed by atoms with Gasteiger partial charge < -0.3 is 9.47 Å². The molecular formula is C16H15N5O2. The van der Waals surface area contributed by atoms with Crippen LogP contribution in [-0.4, -0.2) is 39.6 Å². The van der Waals surface area contributed by atoms with Crippen molar-refractivity contribution >= 4 is 21.8 Å². The number of fused-ring (bicyclic) bond motifs is 3. The van der Waals surface area contributed by atoms with Gasteiger partial charge in [0.1, 0.15) is 0 Å². The van der Waals surface area contributed by atoms with Crippen LogP contribution in [-0.2, 0) is 0 Å². The van der Waals surface area contributed by atoms with Crippen LogP contribution in [0.3, 0.4) is 0 Å². The lowest BCUT2D eigenvalue weighted by molar-refractivity contribution is 0.356. The number of aromatic amines is 2. The Bertz CT molecular complexity index is 1000. The molecule has 0 spiro atoms. The molecule has 7 nitrogen and oxygen atoms in total. The SMILES string of the molecule is COc1cc2c(-c3ccn[nH]3)nc3n[nH]c(C)c3c2cc1OC. The van der Waals surface area contributed by atoms with Crippen molar-refractivity contribution in [2.24, 2.45) is 0 Å². The maximum Gasteiger partial charge on any atom is 0.182 e. The van der Waals surface area contributed by atoms with Gasteiger partial charge in [0.05, 0.1) is 25.6 Å². The molecule has 3 aromatic heterocycles. The number of benzene rings is 1. The van der Waals surface area contributed by atoms with Crippen LogP contribution in [0.15, 0.2) is 24.4 Å². The maximum atomic E-state index is 5.44. The summed E-state index contributed by atoms with van der Waals surface area (Å²) in [4.78, 5) is 4.69. The van der Waals surface area contributed by atoms with Crippen molar-refractivity contribution in [2.75, 3.05) is 14.2 Å². The Hall–Kier alpha value is -3.09. The predicted octanol–water partition coefficient (Wildman–Crippen LogP) is 2.83. The van der Waals surface area contributed by atoms with Crippen LogP contribution in [0.4, 0.5) is 0 Å². The Morgan fingerprint density at radius 2 is 1.74 bits per heavy atom. The zero-order valence-corrected chi connectivity index (χ0v) is 13.0. The number of hydrogen-bond acceptors (Lipinski definition) is 5. The van der Waals surface area contributed by atoms with Gasteiger partial charge in [0.25, 0.3) is 0 Å². The molecule has 0 unspecified atom stereocenters. The lowest BCUT2D eigenvalue weighted by atomic mass is 10.0. The van der Waals surface area contributed by atoms with Gasteiger partial charge in [-0.2, -0.15) is 10.2 Å². The Morgan fingerprint density at radius 3 is 2.39 bits per heavy atom. The highest BCUT2D eigenvalue weighted by atomic mass is 16.5. The number of ether oxygens (including phenoxy) is 2. The molecular weight excluding hydrogens is 294 g/mol. The van der Waals surface area contributed by atoms with Crippen molar-refractivity contribution < 1.29 is 9.47 Å². The highest BCUT2D eigenvalue weighted by Crippen LogP contribution is 2.39. The van der Waals surface area contributed by atoms with Crippen molar-refractivity contribution in [3.8, 4) is 22.9 Å². The third-order valence-electron chi connectivity index (χ3n) is 3.95. The summed E-state index contributed by atoms with van der Waals surface area (Å²) < 4.78 is 10.9. The van der Waals surface area contributed by atoms with Gasteiger partial charge in [-0.15, -0.1) is 0 Å². The van der Waals surface area contributed by atoms with E-state index in [1.165, 1.54) is 0 Å². The molecule has 3 heterocycles. The number of hydrogen-bond donors (Lipinski definition) is 2. The van der Waals surface area contributed by atoms with Crippen LogP contribution in [0.5, 0.6) is 11.5 Å². The molecule has 0 saturated carbocycles. The van der Waals surface area contributed by atoms with Crippen molar-refractivity contribution in [1.82, 2.24) is 25.4 Å². The van der Waals surface area contributed by atoms with Crippen molar-refractivity contribution in [3.05, 3.63) is 30.1 Å². The fraction of sp³-hybridized carbons (Fsp3) is 0.188. The van der Waals surface area contributed by atoms with Crippen molar-refractivity contribution in [3.63, 3.8) is 0 Å². The summed E-state index contributed by atoms with van der Waals surface area (Å²) in [5, 5.41) is 17.2. The number of aromatic nitrogens is 5. The van der Waals surface area contributed by atoms with Crippen LogP contribution >= 0.6 is 0 Å². The smallest absolute Gasteiger partial charge is 0.182 e. The van der Waals surface area contributed by atoms with Crippen LogP contribution in [0.25, 0.3) is 33.2 Å². The molecule has 0 aliphatic heterocycles. The summed E-state index contributed by atoms with van der Waals surface area (Å²) in [6.45, 7) is 1.98. The van der Waals surface area contributed by atoms with Crippen LogP contribution < -0.4 is 9.47 Å². The second-order valence-corrected chi connectivity index (χ2v) is 5.23. The second-order valence-electron chi connectivity index (χ2n) is 5.23. The van der Waals surface area contributed by atoms with Gasteiger partial charge in [0.2, 0.25) is 0 Å². The molecule has 4 aromatic rings. The number of rotatable bonds is 3. The van der Waals surface area contributed by atoms with E-state index in [2.05, 4.69) is 25.4 Å². The molecule has 23 heavy (non-hydrogen) atoms. The van der Waals surface area contributed by atoms with Crippen molar-refractivity contribution in [2.45, 2.75) is 6.92 Å². The van der Waals surface area contributed by atoms with Gasteiger partial charge in [-0.3, -0.25) is 10.2 Å². The molecule has 0 aliphatic rings. The van der Waals surface area contributed by atoms with Gasteiger partial charge in [0, 0.05) is 28.0 Å². The summed E-state index contributed by atoms with van der Waals surface area (Å²) in [7, 11) is 3.24. The maximum absolute atomic E-state index is 5.44. The molecule has 0 fully saturated rings. The first-order valence-corrected chi connectivity index (χ1v) is 7.13. The van der Waals surface area contributed by atoms with Gasteiger partial charge in [-0.25, -0.2) is 4.98 Å². The number of methoxy groups -OCH3 is 2. The molecule has 0 amide bonds. The third kappa shape index (κ3) is 1.93. The molecule has 116 valence electrons. The minimum absolute atomic E-state index is 0.656. The van der Waals surface area contributed by atoms with E-state index in [1.54, 1.807) is 20.4 Å². The molecule has 0 saturated heterocycles. The van der Waals surface area contributed by atoms with Crippen molar-refractivity contribution in [1.29, 1.82) is 0 Å². The van der Waals surface area contributed by atoms with Crippen LogP contribution in [0.2, 0.25) is 0 Å². The Labute approximate surface area is 131 Å². The number of aryl methyl sites for hydroxylation is 1. The number of H-pyrrole nitrogens is 2. The number of pyridine rings is 1. The highest BCUT2D eigenvalue weighted by Gasteiger charge is 2.18. The summed E-state index contributed by atoms with van der Waals surface area (Å²) in [6.07, 6.45) is 1.70. The minimum atomic E-state index is 0.656. The Kier molecular flexibility index (Phi) is 2.94. The first-order chi connectivity index (χ1) is 11.2. The van der Waals surface area contributed by atoms with Gasteiger partial charge in [0.15, 0.2) is 17.1 Å². The average Bonchev–Trinajstić information content (AvgIpc) is 3.22. The van der Waals surface area contributed by atoms with Gasteiger partial charge in [-0.1, -0.05) is 0 Å². The Morgan fingerprint density at radius 1 is 1.00 bits per heavy atom. The standard InChI is InChI=1S/C16H15N5O2/c1-8-14-9-6-12(22-2)13(23-3)7-10(9)15(11-4-5-17-20-11)18-16(14)21-19-8/h4-7H,1-3H3,(H,17,20)(H,18,19,21). The monoisotopic (exact) mass is 309 g/mol. The van der Waals surface area contributed by atoms with E-state index >= 15 is 0 Å². The molecule has 2 N–H and O–H groups in total. The zero-order valence-electron chi connectivity index (χ0n) is 13.0.